The number of benzene rings is 2. The Labute approximate surface area is 196 Å². The minimum Gasteiger partial charge on any atom is -0.496 e. The van der Waals surface area contributed by atoms with Gasteiger partial charge in [-0.2, -0.15) is 0 Å². The van der Waals surface area contributed by atoms with Gasteiger partial charge in [0.15, 0.2) is 0 Å². The lowest BCUT2D eigenvalue weighted by molar-refractivity contribution is 0.243. The SMILES string of the molecule is COc1cc(/C=C2/C(C)=C(NC(=O)NCc3ccco3)c3cc(F)ccc32)cc(OC)c1CO. The van der Waals surface area contributed by atoms with E-state index in [-0.39, 0.29) is 13.2 Å². The molecule has 2 amide bonds. The Morgan fingerprint density at radius 3 is 2.47 bits per heavy atom. The highest BCUT2D eigenvalue weighted by atomic mass is 19.1. The Kier molecular flexibility index (Phi) is 6.70. The number of halogens is 1. The van der Waals surface area contributed by atoms with Gasteiger partial charge in [-0.3, -0.25) is 0 Å². The van der Waals surface area contributed by atoms with Gasteiger partial charge < -0.3 is 29.6 Å². The van der Waals surface area contributed by atoms with Crippen LogP contribution >= 0.6 is 0 Å². The highest BCUT2D eigenvalue weighted by Gasteiger charge is 2.26. The summed E-state index contributed by atoms with van der Waals surface area (Å²) in [7, 11) is 3.04. The Bertz CT molecular complexity index is 1250. The number of aliphatic hydroxyl groups is 1. The first-order valence-corrected chi connectivity index (χ1v) is 10.6. The molecule has 1 aromatic heterocycles. The van der Waals surface area contributed by atoms with Crippen molar-refractivity contribution in [3.63, 3.8) is 0 Å². The molecule has 1 heterocycles. The smallest absolute Gasteiger partial charge is 0.319 e. The highest BCUT2D eigenvalue weighted by Crippen LogP contribution is 2.42. The standard InChI is InChI=1S/C26H25FN2O5/c1-15-20(9-16-10-23(32-2)22(14-30)24(11-16)33-3)19-7-6-17(27)12-21(19)25(15)29-26(31)28-13-18-5-4-8-34-18/h4-12,30H,13-14H2,1-3H3,(H2,28,29,31)/b20-9-. The van der Waals surface area contributed by atoms with E-state index in [9.17, 15) is 14.3 Å². The number of hydrogen-bond acceptors (Lipinski definition) is 5. The first kappa shape index (κ1) is 23.1. The maximum absolute atomic E-state index is 14.1. The van der Waals surface area contributed by atoms with Gasteiger partial charge in [0.1, 0.15) is 23.1 Å². The second kappa shape index (κ2) is 9.84. The summed E-state index contributed by atoms with van der Waals surface area (Å²) in [4.78, 5) is 12.6. The third-order valence-corrected chi connectivity index (χ3v) is 5.66. The van der Waals surface area contributed by atoms with Crippen molar-refractivity contribution < 1.29 is 28.2 Å². The molecule has 0 saturated heterocycles. The van der Waals surface area contributed by atoms with Crippen molar-refractivity contribution in [1.29, 1.82) is 0 Å². The number of fused-ring (bicyclic) bond motifs is 1. The van der Waals surface area contributed by atoms with Gasteiger partial charge in [-0.1, -0.05) is 6.07 Å². The van der Waals surface area contributed by atoms with Gasteiger partial charge in [0, 0.05) is 5.56 Å². The monoisotopic (exact) mass is 464 g/mol. The molecule has 0 bridgehead atoms. The van der Waals surface area contributed by atoms with Crippen LogP contribution in [0.4, 0.5) is 9.18 Å². The Hall–Kier alpha value is -4.04. The number of ether oxygens (including phenoxy) is 2. The molecule has 176 valence electrons. The predicted octanol–water partition coefficient (Wildman–Crippen LogP) is 4.71. The third kappa shape index (κ3) is 4.53. The fraction of sp³-hybridized carbons (Fsp3) is 0.192. The quantitative estimate of drug-likeness (QED) is 0.471. The topological polar surface area (TPSA) is 93.0 Å². The summed E-state index contributed by atoms with van der Waals surface area (Å²) < 4.78 is 30.2. The summed E-state index contributed by atoms with van der Waals surface area (Å²) in [5, 5.41) is 15.3. The molecular formula is C26H25FN2O5. The van der Waals surface area contributed by atoms with Crippen LogP contribution in [-0.4, -0.2) is 25.4 Å². The van der Waals surface area contributed by atoms with Gasteiger partial charge in [-0.15, -0.1) is 0 Å². The number of carbonyl (C=O) groups excluding carboxylic acids is 1. The molecule has 7 nitrogen and oxygen atoms in total. The molecule has 0 saturated carbocycles. The van der Waals surface area contributed by atoms with Crippen molar-refractivity contribution in [2.75, 3.05) is 14.2 Å². The summed E-state index contributed by atoms with van der Waals surface area (Å²) in [5.74, 6) is 1.19. The number of amides is 2. The van der Waals surface area contributed by atoms with Crippen molar-refractivity contribution in [3.05, 3.63) is 88.1 Å². The Morgan fingerprint density at radius 2 is 1.85 bits per heavy atom. The van der Waals surface area contributed by atoms with Crippen molar-refractivity contribution in [3.8, 4) is 11.5 Å². The van der Waals surface area contributed by atoms with E-state index in [4.69, 9.17) is 13.9 Å². The summed E-state index contributed by atoms with van der Waals surface area (Å²) in [6, 6.07) is 11.1. The summed E-state index contributed by atoms with van der Waals surface area (Å²) >= 11 is 0. The van der Waals surface area contributed by atoms with E-state index >= 15 is 0 Å². The largest absolute Gasteiger partial charge is 0.496 e. The average molecular weight is 464 g/mol. The molecule has 8 heteroatoms. The molecule has 3 N–H and O–H groups in total. The lowest BCUT2D eigenvalue weighted by Gasteiger charge is -2.13. The molecule has 3 aromatic rings. The van der Waals surface area contributed by atoms with Crippen molar-refractivity contribution in [1.82, 2.24) is 10.6 Å². The molecule has 0 atom stereocenters. The molecule has 1 aliphatic carbocycles. The molecule has 0 radical (unpaired) electrons. The molecule has 1 aliphatic rings. The van der Waals surface area contributed by atoms with E-state index in [0.717, 1.165) is 22.3 Å². The van der Waals surface area contributed by atoms with Gasteiger partial charge in [0.05, 0.1) is 44.9 Å². The minimum absolute atomic E-state index is 0.223. The first-order valence-electron chi connectivity index (χ1n) is 10.6. The fourth-order valence-corrected chi connectivity index (χ4v) is 3.99. The Morgan fingerprint density at radius 1 is 1.12 bits per heavy atom. The number of methoxy groups -OCH3 is 2. The highest BCUT2D eigenvalue weighted by molar-refractivity contribution is 6.07. The van der Waals surface area contributed by atoms with Crippen LogP contribution < -0.4 is 20.1 Å². The molecule has 0 aliphatic heterocycles. The molecule has 2 aromatic carbocycles. The molecule has 0 unspecified atom stereocenters. The summed E-state index contributed by atoms with van der Waals surface area (Å²) in [5.41, 5.74) is 4.79. The predicted molar refractivity (Wildman–Crippen MR) is 126 cm³/mol. The number of rotatable bonds is 7. The number of carbonyl (C=O) groups is 1. The number of allylic oxidation sites excluding steroid dienone is 2. The van der Waals surface area contributed by atoms with Gasteiger partial charge in [-0.25, -0.2) is 9.18 Å². The van der Waals surface area contributed by atoms with E-state index in [2.05, 4.69) is 10.6 Å². The van der Waals surface area contributed by atoms with Crippen LogP contribution in [0.15, 0.2) is 58.7 Å². The van der Waals surface area contributed by atoms with E-state index in [0.29, 0.717) is 34.1 Å². The van der Waals surface area contributed by atoms with Gasteiger partial charge in [-0.05, 0) is 71.7 Å². The van der Waals surface area contributed by atoms with Crippen LogP contribution in [0.3, 0.4) is 0 Å². The summed E-state index contributed by atoms with van der Waals surface area (Å²) in [6.07, 6.45) is 3.44. The second-order valence-corrected chi connectivity index (χ2v) is 7.70. The Balaban J connectivity index is 1.71. The molecule has 34 heavy (non-hydrogen) atoms. The minimum atomic E-state index is -0.433. The van der Waals surface area contributed by atoms with E-state index in [1.807, 2.05) is 13.0 Å². The molecule has 0 spiro atoms. The third-order valence-electron chi connectivity index (χ3n) is 5.66. The maximum Gasteiger partial charge on any atom is 0.319 e. The van der Waals surface area contributed by atoms with Crippen LogP contribution in [0, 0.1) is 5.82 Å². The zero-order valence-electron chi connectivity index (χ0n) is 19.1. The van der Waals surface area contributed by atoms with Gasteiger partial charge in [0.25, 0.3) is 0 Å². The number of furan rings is 1. The number of urea groups is 1. The van der Waals surface area contributed by atoms with Gasteiger partial charge >= 0.3 is 6.03 Å². The lowest BCUT2D eigenvalue weighted by atomic mass is 9.99. The van der Waals surface area contributed by atoms with Crippen LogP contribution in [0.5, 0.6) is 11.5 Å². The van der Waals surface area contributed by atoms with Gasteiger partial charge in [0.2, 0.25) is 0 Å². The van der Waals surface area contributed by atoms with Crippen LogP contribution in [0.1, 0.15) is 34.9 Å². The van der Waals surface area contributed by atoms with E-state index in [1.54, 1.807) is 30.3 Å². The van der Waals surface area contributed by atoms with Crippen molar-refractivity contribution >= 4 is 23.4 Å². The number of hydrogen-bond donors (Lipinski definition) is 3. The van der Waals surface area contributed by atoms with Crippen LogP contribution in [0.25, 0.3) is 17.3 Å². The van der Waals surface area contributed by atoms with Crippen molar-refractivity contribution in [2.45, 2.75) is 20.1 Å². The first-order chi connectivity index (χ1) is 16.4. The average Bonchev–Trinajstić information content (AvgIpc) is 3.45. The van der Waals surface area contributed by atoms with Crippen molar-refractivity contribution in [2.24, 2.45) is 0 Å². The number of aliphatic hydroxyl groups excluding tert-OH is 1. The zero-order chi connectivity index (χ0) is 24.2. The lowest BCUT2D eigenvalue weighted by Crippen LogP contribution is -2.33. The van der Waals surface area contributed by atoms with Crippen LogP contribution in [0.2, 0.25) is 0 Å². The van der Waals surface area contributed by atoms with E-state index < -0.39 is 11.8 Å². The molecular weight excluding hydrogens is 439 g/mol. The number of nitrogens with one attached hydrogen (secondary N) is 2. The zero-order valence-corrected chi connectivity index (χ0v) is 19.1. The molecule has 0 fully saturated rings. The normalized spacial score (nSPS) is 13.7. The molecule has 4 rings (SSSR count). The fourth-order valence-electron chi connectivity index (χ4n) is 3.99. The summed E-state index contributed by atoms with van der Waals surface area (Å²) in [6.45, 7) is 1.86. The maximum atomic E-state index is 14.1. The second-order valence-electron chi connectivity index (χ2n) is 7.70. The van der Waals surface area contributed by atoms with E-state index in [1.165, 1.54) is 32.6 Å². The van der Waals surface area contributed by atoms with Crippen LogP contribution in [-0.2, 0) is 13.2 Å².